The Hall–Kier alpha value is -1.07. The van der Waals surface area contributed by atoms with Crippen molar-refractivity contribution < 1.29 is 9.53 Å². The summed E-state index contributed by atoms with van der Waals surface area (Å²) in [4.78, 5) is 15.5. The molecular formula is C13H18N2O2S. The Kier molecular flexibility index (Phi) is 5.01. The molecule has 18 heavy (non-hydrogen) atoms. The number of nitrogens with one attached hydrogen (secondary N) is 1. The third-order valence-electron chi connectivity index (χ3n) is 2.95. The molecule has 1 aliphatic heterocycles. The second-order valence-electron chi connectivity index (χ2n) is 4.30. The third kappa shape index (κ3) is 3.71. The van der Waals surface area contributed by atoms with Crippen LogP contribution >= 0.6 is 11.8 Å². The van der Waals surface area contributed by atoms with Crippen molar-refractivity contribution in [2.75, 3.05) is 19.4 Å². The van der Waals surface area contributed by atoms with E-state index in [0.717, 1.165) is 24.0 Å². The predicted octanol–water partition coefficient (Wildman–Crippen LogP) is 1.85. The first-order valence-electron chi connectivity index (χ1n) is 6.15. The summed E-state index contributed by atoms with van der Waals surface area (Å²) in [5, 5.41) is 4.16. The van der Waals surface area contributed by atoms with Crippen molar-refractivity contribution in [3.05, 3.63) is 29.6 Å². The lowest BCUT2D eigenvalue weighted by atomic mass is 10.2. The van der Waals surface area contributed by atoms with Gasteiger partial charge in [0, 0.05) is 24.5 Å². The number of carbonyl (C=O) groups excluding carboxylic acids is 1. The van der Waals surface area contributed by atoms with Gasteiger partial charge in [0.25, 0.3) is 0 Å². The number of thioether (sulfide) groups is 1. The molecule has 2 rings (SSSR count). The van der Waals surface area contributed by atoms with Gasteiger partial charge in [0.1, 0.15) is 0 Å². The Labute approximate surface area is 112 Å². The van der Waals surface area contributed by atoms with Crippen LogP contribution in [0.5, 0.6) is 0 Å². The first-order chi connectivity index (χ1) is 8.79. The number of aromatic nitrogens is 1. The molecule has 0 spiro atoms. The molecule has 0 saturated carbocycles. The van der Waals surface area contributed by atoms with E-state index in [1.165, 1.54) is 25.7 Å². The number of carbonyl (C=O) groups is 1. The first-order valence-corrected chi connectivity index (χ1v) is 7.20. The van der Waals surface area contributed by atoms with Crippen LogP contribution in [0, 0.1) is 0 Å². The number of rotatable bonds is 5. The summed E-state index contributed by atoms with van der Waals surface area (Å²) in [6.07, 6.45) is 4.21. The zero-order valence-corrected chi connectivity index (χ0v) is 11.3. The number of ether oxygens (including phenoxy) is 1. The highest BCUT2D eigenvalue weighted by Crippen LogP contribution is 2.25. The Bertz CT molecular complexity index is 388. The molecule has 98 valence electrons. The Morgan fingerprint density at radius 1 is 1.61 bits per heavy atom. The van der Waals surface area contributed by atoms with Gasteiger partial charge < -0.3 is 10.1 Å². The van der Waals surface area contributed by atoms with Crippen LogP contribution in [0.2, 0.25) is 0 Å². The average Bonchev–Trinajstić information content (AvgIpc) is 2.92. The molecule has 1 fully saturated rings. The number of hydrogen-bond donors (Lipinski definition) is 1. The van der Waals surface area contributed by atoms with Crippen molar-refractivity contribution in [1.82, 2.24) is 10.3 Å². The molecule has 1 aliphatic rings. The summed E-state index contributed by atoms with van der Waals surface area (Å²) >= 11 is 2.04. The summed E-state index contributed by atoms with van der Waals surface area (Å²) in [6.45, 7) is 1.78. The highest BCUT2D eigenvalue weighted by Gasteiger charge is 2.14. The molecular weight excluding hydrogens is 248 g/mol. The van der Waals surface area contributed by atoms with Crippen LogP contribution in [0.15, 0.2) is 18.3 Å². The van der Waals surface area contributed by atoms with E-state index in [1.807, 2.05) is 17.8 Å². The van der Waals surface area contributed by atoms with Gasteiger partial charge in [-0.1, -0.05) is 0 Å². The molecule has 0 bridgehead atoms. The van der Waals surface area contributed by atoms with Crippen molar-refractivity contribution >= 4 is 17.7 Å². The fourth-order valence-corrected chi connectivity index (χ4v) is 3.17. The van der Waals surface area contributed by atoms with E-state index in [9.17, 15) is 4.79 Å². The Morgan fingerprint density at radius 3 is 3.11 bits per heavy atom. The summed E-state index contributed by atoms with van der Waals surface area (Å²) in [5.41, 5.74) is 1.44. The van der Waals surface area contributed by atoms with Crippen molar-refractivity contribution in [3.63, 3.8) is 0 Å². The molecule has 1 N–H and O–H groups in total. The molecule has 0 aromatic carbocycles. The second-order valence-corrected chi connectivity index (χ2v) is 5.70. The average molecular weight is 266 g/mol. The Morgan fingerprint density at radius 2 is 2.50 bits per heavy atom. The summed E-state index contributed by atoms with van der Waals surface area (Å²) in [7, 11) is 1.37. The van der Waals surface area contributed by atoms with E-state index in [4.69, 9.17) is 0 Å². The molecule has 4 nitrogen and oxygen atoms in total. The largest absolute Gasteiger partial charge is 0.465 e. The highest BCUT2D eigenvalue weighted by atomic mass is 32.2. The third-order valence-corrected chi connectivity index (χ3v) is 4.35. The van der Waals surface area contributed by atoms with Gasteiger partial charge in [0.2, 0.25) is 0 Å². The lowest BCUT2D eigenvalue weighted by Crippen LogP contribution is -2.23. The van der Waals surface area contributed by atoms with Crippen LogP contribution in [-0.4, -0.2) is 35.6 Å². The highest BCUT2D eigenvalue weighted by molar-refractivity contribution is 8.00. The molecule has 1 aromatic rings. The van der Waals surface area contributed by atoms with Crippen LogP contribution in [0.3, 0.4) is 0 Å². The molecule has 1 saturated heterocycles. The predicted molar refractivity (Wildman–Crippen MR) is 72.8 cm³/mol. The van der Waals surface area contributed by atoms with Crippen LogP contribution < -0.4 is 5.32 Å². The Balaban J connectivity index is 1.77. The van der Waals surface area contributed by atoms with E-state index in [1.54, 1.807) is 12.3 Å². The summed E-state index contributed by atoms with van der Waals surface area (Å²) in [6, 6.07) is 3.61. The van der Waals surface area contributed by atoms with Crippen molar-refractivity contribution in [2.45, 2.75) is 24.6 Å². The first kappa shape index (κ1) is 13.4. The van der Waals surface area contributed by atoms with E-state index in [0.29, 0.717) is 5.56 Å². The van der Waals surface area contributed by atoms with Crippen molar-refractivity contribution in [3.8, 4) is 0 Å². The molecule has 1 aromatic heterocycles. The topological polar surface area (TPSA) is 51.2 Å². The fourth-order valence-electron chi connectivity index (χ4n) is 1.93. The van der Waals surface area contributed by atoms with Gasteiger partial charge in [0.15, 0.2) is 0 Å². The molecule has 1 atom stereocenters. The molecule has 1 unspecified atom stereocenters. The molecule has 0 radical (unpaired) electrons. The van der Waals surface area contributed by atoms with E-state index < -0.39 is 0 Å². The zero-order chi connectivity index (χ0) is 12.8. The SMILES string of the molecule is COC(=O)c1ccc(CNCC2CCCS2)nc1. The minimum Gasteiger partial charge on any atom is -0.465 e. The summed E-state index contributed by atoms with van der Waals surface area (Å²) in [5.74, 6) is 0.947. The van der Waals surface area contributed by atoms with Gasteiger partial charge in [-0.15, -0.1) is 0 Å². The van der Waals surface area contributed by atoms with E-state index >= 15 is 0 Å². The maximum Gasteiger partial charge on any atom is 0.339 e. The number of esters is 1. The quantitative estimate of drug-likeness (QED) is 0.824. The van der Waals surface area contributed by atoms with Gasteiger partial charge in [0.05, 0.1) is 18.4 Å². The summed E-state index contributed by atoms with van der Waals surface area (Å²) < 4.78 is 4.63. The van der Waals surface area contributed by atoms with Gasteiger partial charge in [-0.2, -0.15) is 11.8 Å². The standard InChI is InChI=1S/C13H18N2O2S/c1-17-13(16)10-4-5-11(15-7-10)8-14-9-12-3-2-6-18-12/h4-5,7,12,14H,2-3,6,8-9H2,1H3. The van der Waals surface area contributed by atoms with Crippen molar-refractivity contribution in [1.29, 1.82) is 0 Å². The van der Waals surface area contributed by atoms with Gasteiger partial charge in [-0.25, -0.2) is 4.79 Å². The number of pyridine rings is 1. The van der Waals surface area contributed by atoms with Gasteiger partial charge in [-0.3, -0.25) is 4.98 Å². The van der Waals surface area contributed by atoms with E-state index in [2.05, 4.69) is 15.0 Å². The van der Waals surface area contributed by atoms with Crippen LogP contribution in [0.4, 0.5) is 0 Å². The van der Waals surface area contributed by atoms with Crippen molar-refractivity contribution in [2.24, 2.45) is 0 Å². The molecule has 0 amide bonds. The number of methoxy groups -OCH3 is 1. The van der Waals surface area contributed by atoms with Crippen LogP contribution in [-0.2, 0) is 11.3 Å². The monoisotopic (exact) mass is 266 g/mol. The molecule has 5 heteroatoms. The number of hydrogen-bond acceptors (Lipinski definition) is 5. The van der Waals surface area contributed by atoms with E-state index in [-0.39, 0.29) is 5.97 Å². The number of nitrogens with zero attached hydrogens (tertiary/aromatic N) is 1. The minimum absolute atomic E-state index is 0.343. The second kappa shape index (κ2) is 6.75. The molecule has 0 aliphatic carbocycles. The van der Waals surface area contributed by atoms with Crippen LogP contribution in [0.1, 0.15) is 28.9 Å². The fraction of sp³-hybridized carbons (Fsp3) is 0.538. The van der Waals surface area contributed by atoms with Gasteiger partial charge >= 0.3 is 5.97 Å². The lowest BCUT2D eigenvalue weighted by molar-refractivity contribution is 0.0600. The lowest BCUT2D eigenvalue weighted by Gasteiger charge is -2.09. The zero-order valence-electron chi connectivity index (χ0n) is 10.5. The normalized spacial score (nSPS) is 18.8. The van der Waals surface area contributed by atoms with Crippen LogP contribution in [0.25, 0.3) is 0 Å². The van der Waals surface area contributed by atoms with Gasteiger partial charge in [-0.05, 0) is 30.7 Å². The smallest absolute Gasteiger partial charge is 0.339 e. The molecule has 2 heterocycles. The minimum atomic E-state index is -0.343. The maximum atomic E-state index is 11.2. The maximum absolute atomic E-state index is 11.2.